The number of hydrogen-bond donors (Lipinski definition) is 2. The smallest absolute Gasteiger partial charge is 0.372 e. The van der Waals surface area contributed by atoms with Crippen LogP contribution < -0.4 is 0 Å². The molecule has 5 heteroatoms. The van der Waals surface area contributed by atoms with Crippen LogP contribution in [-0.2, 0) is 6.54 Å². The molecule has 0 atom stereocenters. The van der Waals surface area contributed by atoms with E-state index < -0.39 is 5.97 Å². The average Bonchev–Trinajstić information content (AvgIpc) is 2.67. The van der Waals surface area contributed by atoms with Gasteiger partial charge in [0.1, 0.15) is 5.76 Å². The Labute approximate surface area is 107 Å². The predicted octanol–water partition coefficient (Wildman–Crippen LogP) is 1.88. The summed E-state index contributed by atoms with van der Waals surface area (Å²) < 4.78 is 5.31. The van der Waals surface area contributed by atoms with Crippen molar-refractivity contribution >= 4 is 5.97 Å². The van der Waals surface area contributed by atoms with Gasteiger partial charge in [0.25, 0.3) is 0 Å². The maximum absolute atomic E-state index is 10.9. The quantitative estimate of drug-likeness (QED) is 0.742. The highest BCUT2D eigenvalue weighted by atomic mass is 16.4. The number of unbranched alkanes of at least 4 members (excludes halogenated alkanes) is 1. The second-order valence-corrected chi connectivity index (χ2v) is 4.38. The summed E-state index contributed by atoms with van der Waals surface area (Å²) in [5, 5.41) is 17.9. The minimum Gasteiger partial charge on any atom is -0.475 e. The van der Waals surface area contributed by atoms with Gasteiger partial charge in [0.05, 0.1) is 13.2 Å². The molecule has 0 aliphatic carbocycles. The van der Waals surface area contributed by atoms with E-state index in [0.717, 1.165) is 19.4 Å². The summed E-state index contributed by atoms with van der Waals surface area (Å²) in [7, 11) is 0. The van der Waals surface area contributed by atoms with Crippen molar-refractivity contribution in [3.8, 4) is 0 Å². The summed E-state index contributed by atoms with van der Waals surface area (Å²) in [6, 6.07) is 1.75. The Bertz CT molecular complexity index is 386. The number of rotatable bonds is 8. The van der Waals surface area contributed by atoms with Crippen molar-refractivity contribution in [3.63, 3.8) is 0 Å². The van der Waals surface area contributed by atoms with Crippen LogP contribution in [0.15, 0.2) is 10.5 Å². The van der Waals surface area contributed by atoms with Gasteiger partial charge in [-0.15, -0.1) is 0 Å². The van der Waals surface area contributed by atoms with E-state index in [1.54, 1.807) is 13.0 Å². The maximum atomic E-state index is 10.9. The molecule has 0 saturated heterocycles. The molecule has 0 radical (unpaired) electrons. The van der Waals surface area contributed by atoms with Crippen LogP contribution >= 0.6 is 0 Å². The number of aliphatic hydroxyl groups excluding tert-OH is 1. The molecule has 0 aliphatic heterocycles. The summed E-state index contributed by atoms with van der Waals surface area (Å²) in [6.45, 7) is 5.90. The lowest BCUT2D eigenvalue weighted by Crippen LogP contribution is -2.27. The predicted molar refractivity (Wildman–Crippen MR) is 67.7 cm³/mol. The van der Waals surface area contributed by atoms with Gasteiger partial charge >= 0.3 is 5.97 Å². The van der Waals surface area contributed by atoms with Gasteiger partial charge in [-0.3, -0.25) is 4.90 Å². The number of carboxylic acids is 1. The van der Waals surface area contributed by atoms with Gasteiger partial charge in [-0.05, 0) is 26.0 Å². The lowest BCUT2D eigenvalue weighted by atomic mass is 10.2. The molecule has 102 valence electrons. The van der Waals surface area contributed by atoms with Crippen LogP contribution in [0.3, 0.4) is 0 Å². The van der Waals surface area contributed by atoms with Crippen molar-refractivity contribution < 1.29 is 19.4 Å². The SMILES string of the molecule is CCCCN(CCO)Cc1cc(C)c(C(=O)O)o1. The summed E-state index contributed by atoms with van der Waals surface area (Å²) in [4.78, 5) is 12.9. The van der Waals surface area contributed by atoms with Gasteiger partial charge in [-0.25, -0.2) is 4.79 Å². The normalized spacial score (nSPS) is 11.1. The standard InChI is InChI=1S/C13H21NO4/c1-3-4-5-14(6-7-15)9-11-8-10(2)12(18-11)13(16)17/h8,15H,3-7,9H2,1-2H3,(H,16,17). The molecule has 0 bridgehead atoms. The van der Waals surface area contributed by atoms with Crippen molar-refractivity contribution in [3.05, 3.63) is 23.2 Å². The summed E-state index contributed by atoms with van der Waals surface area (Å²) in [5.74, 6) is -0.403. The zero-order valence-corrected chi connectivity index (χ0v) is 11.0. The van der Waals surface area contributed by atoms with E-state index in [2.05, 4.69) is 11.8 Å². The Morgan fingerprint density at radius 1 is 1.44 bits per heavy atom. The molecule has 1 rings (SSSR count). The average molecular weight is 255 g/mol. The number of aromatic carboxylic acids is 1. The first kappa shape index (κ1) is 14.7. The van der Waals surface area contributed by atoms with Crippen molar-refractivity contribution in [2.45, 2.75) is 33.2 Å². The van der Waals surface area contributed by atoms with Gasteiger partial charge in [0.15, 0.2) is 0 Å². The van der Waals surface area contributed by atoms with E-state index in [9.17, 15) is 4.79 Å². The van der Waals surface area contributed by atoms with Crippen LogP contribution in [0, 0.1) is 6.92 Å². The highest BCUT2D eigenvalue weighted by molar-refractivity contribution is 5.86. The molecule has 0 aliphatic rings. The number of carbonyl (C=O) groups is 1. The topological polar surface area (TPSA) is 73.9 Å². The Morgan fingerprint density at radius 3 is 2.67 bits per heavy atom. The van der Waals surface area contributed by atoms with Crippen LogP contribution in [0.5, 0.6) is 0 Å². The molecular formula is C13H21NO4. The summed E-state index contributed by atoms with van der Waals surface area (Å²) >= 11 is 0. The van der Waals surface area contributed by atoms with E-state index in [4.69, 9.17) is 14.6 Å². The molecule has 1 heterocycles. The zero-order chi connectivity index (χ0) is 13.5. The fourth-order valence-corrected chi connectivity index (χ4v) is 1.85. The van der Waals surface area contributed by atoms with E-state index in [1.807, 2.05) is 0 Å². The number of furan rings is 1. The van der Waals surface area contributed by atoms with Crippen LogP contribution in [0.4, 0.5) is 0 Å². The number of hydrogen-bond acceptors (Lipinski definition) is 4. The van der Waals surface area contributed by atoms with Crippen LogP contribution in [0.25, 0.3) is 0 Å². The number of carboxylic acid groups (broad SMARTS) is 1. The van der Waals surface area contributed by atoms with Crippen molar-refractivity contribution in [1.82, 2.24) is 4.90 Å². The van der Waals surface area contributed by atoms with Crippen molar-refractivity contribution in [2.75, 3.05) is 19.7 Å². The van der Waals surface area contributed by atoms with Crippen LogP contribution in [-0.4, -0.2) is 40.8 Å². The number of aliphatic hydroxyl groups is 1. The zero-order valence-electron chi connectivity index (χ0n) is 11.0. The molecule has 0 saturated carbocycles. The lowest BCUT2D eigenvalue weighted by Gasteiger charge is -2.19. The molecule has 0 spiro atoms. The first-order valence-electron chi connectivity index (χ1n) is 6.24. The van der Waals surface area contributed by atoms with E-state index in [1.165, 1.54) is 0 Å². The molecule has 0 amide bonds. The van der Waals surface area contributed by atoms with E-state index >= 15 is 0 Å². The molecule has 0 aromatic carbocycles. The lowest BCUT2D eigenvalue weighted by molar-refractivity contribution is 0.0656. The largest absolute Gasteiger partial charge is 0.475 e. The Kier molecular flexibility index (Phi) is 5.88. The van der Waals surface area contributed by atoms with Gasteiger partial charge in [-0.1, -0.05) is 13.3 Å². The molecule has 0 unspecified atom stereocenters. The fourth-order valence-electron chi connectivity index (χ4n) is 1.85. The van der Waals surface area contributed by atoms with Crippen molar-refractivity contribution in [2.24, 2.45) is 0 Å². The first-order valence-corrected chi connectivity index (χ1v) is 6.24. The van der Waals surface area contributed by atoms with Crippen LogP contribution in [0.1, 0.15) is 41.6 Å². The minimum atomic E-state index is -1.04. The molecule has 1 aromatic rings. The molecule has 5 nitrogen and oxygen atoms in total. The third-order valence-corrected chi connectivity index (χ3v) is 2.79. The van der Waals surface area contributed by atoms with Gasteiger partial charge in [0.2, 0.25) is 5.76 Å². The molecular weight excluding hydrogens is 234 g/mol. The molecule has 2 N–H and O–H groups in total. The number of nitrogens with zero attached hydrogens (tertiary/aromatic N) is 1. The van der Waals surface area contributed by atoms with E-state index in [-0.39, 0.29) is 12.4 Å². The molecule has 1 aromatic heterocycles. The van der Waals surface area contributed by atoms with Gasteiger partial charge < -0.3 is 14.6 Å². The van der Waals surface area contributed by atoms with Gasteiger partial charge in [0, 0.05) is 12.1 Å². The second-order valence-electron chi connectivity index (χ2n) is 4.38. The third-order valence-electron chi connectivity index (χ3n) is 2.79. The highest BCUT2D eigenvalue weighted by Crippen LogP contribution is 2.16. The summed E-state index contributed by atoms with van der Waals surface area (Å²) in [5.41, 5.74) is 0.636. The molecule has 0 fully saturated rings. The highest BCUT2D eigenvalue weighted by Gasteiger charge is 2.16. The number of aryl methyl sites for hydroxylation is 1. The maximum Gasteiger partial charge on any atom is 0.372 e. The van der Waals surface area contributed by atoms with E-state index in [0.29, 0.717) is 24.4 Å². The van der Waals surface area contributed by atoms with Gasteiger partial charge in [-0.2, -0.15) is 0 Å². The Morgan fingerprint density at radius 2 is 2.17 bits per heavy atom. The molecule has 18 heavy (non-hydrogen) atoms. The second kappa shape index (κ2) is 7.18. The monoisotopic (exact) mass is 255 g/mol. The first-order chi connectivity index (χ1) is 8.58. The minimum absolute atomic E-state index is 0.00411. The van der Waals surface area contributed by atoms with Crippen LogP contribution in [0.2, 0.25) is 0 Å². The Balaban J connectivity index is 2.68. The third kappa shape index (κ3) is 4.16. The fraction of sp³-hybridized carbons (Fsp3) is 0.615. The summed E-state index contributed by atoms with van der Waals surface area (Å²) in [6.07, 6.45) is 2.13. The Hall–Kier alpha value is -1.33. The van der Waals surface area contributed by atoms with Crippen molar-refractivity contribution in [1.29, 1.82) is 0 Å².